The summed E-state index contributed by atoms with van der Waals surface area (Å²) >= 11 is 1.86. The highest BCUT2D eigenvalue weighted by Crippen LogP contribution is 2.52. The van der Waals surface area contributed by atoms with Gasteiger partial charge in [0.25, 0.3) is 0 Å². The molecular formula is C24H25NS. The molecule has 0 radical (unpaired) electrons. The lowest BCUT2D eigenvalue weighted by molar-refractivity contribution is 0.589. The lowest BCUT2D eigenvalue weighted by Crippen LogP contribution is -2.18. The zero-order chi connectivity index (χ0) is 18.5. The summed E-state index contributed by atoms with van der Waals surface area (Å²) in [6.45, 7) is 11.3. The van der Waals surface area contributed by atoms with Crippen molar-refractivity contribution in [2.45, 2.75) is 49.8 Å². The zero-order valence-electron chi connectivity index (χ0n) is 16.1. The van der Waals surface area contributed by atoms with Crippen LogP contribution < -0.4 is 4.90 Å². The molecule has 2 heteroatoms. The highest BCUT2D eigenvalue weighted by atomic mass is 32.2. The predicted molar refractivity (Wildman–Crippen MR) is 113 cm³/mol. The number of anilines is 3. The fraction of sp³-hybridized carbons (Fsp3) is 0.250. The summed E-state index contributed by atoms with van der Waals surface area (Å²) in [6, 6.07) is 22.1. The summed E-state index contributed by atoms with van der Waals surface area (Å²) in [6.07, 6.45) is 0. The minimum atomic E-state index is 0.154. The van der Waals surface area contributed by atoms with Crippen molar-refractivity contribution in [2.75, 3.05) is 4.90 Å². The number of benzene rings is 3. The Morgan fingerprint density at radius 3 is 1.65 bits per heavy atom. The van der Waals surface area contributed by atoms with Gasteiger partial charge in [-0.2, -0.15) is 0 Å². The first-order valence-corrected chi connectivity index (χ1v) is 9.95. The van der Waals surface area contributed by atoms with E-state index < -0.39 is 0 Å². The fourth-order valence-electron chi connectivity index (χ4n) is 3.69. The van der Waals surface area contributed by atoms with Crippen LogP contribution in [0.4, 0.5) is 17.1 Å². The minimum absolute atomic E-state index is 0.154. The van der Waals surface area contributed by atoms with Crippen LogP contribution in [0.1, 0.15) is 37.5 Å². The largest absolute Gasteiger partial charge is 0.308 e. The third kappa shape index (κ3) is 2.83. The lowest BCUT2D eigenvalue weighted by atomic mass is 9.84. The van der Waals surface area contributed by atoms with E-state index in [4.69, 9.17) is 0 Å². The van der Waals surface area contributed by atoms with Crippen LogP contribution in [-0.4, -0.2) is 0 Å². The summed E-state index contributed by atoms with van der Waals surface area (Å²) < 4.78 is 0. The van der Waals surface area contributed by atoms with Crippen LogP contribution in [0.2, 0.25) is 0 Å². The van der Waals surface area contributed by atoms with E-state index in [1.807, 2.05) is 11.8 Å². The molecule has 0 amide bonds. The lowest BCUT2D eigenvalue weighted by Gasteiger charge is -2.35. The van der Waals surface area contributed by atoms with Crippen molar-refractivity contribution < 1.29 is 0 Å². The molecule has 0 atom stereocenters. The van der Waals surface area contributed by atoms with Gasteiger partial charge in [-0.15, -0.1) is 0 Å². The van der Waals surface area contributed by atoms with E-state index in [9.17, 15) is 0 Å². The van der Waals surface area contributed by atoms with Crippen LogP contribution in [-0.2, 0) is 5.41 Å². The molecule has 4 rings (SSSR count). The third-order valence-corrected chi connectivity index (χ3v) is 6.14. The van der Waals surface area contributed by atoms with Gasteiger partial charge >= 0.3 is 0 Å². The topological polar surface area (TPSA) is 3.24 Å². The van der Waals surface area contributed by atoms with Gasteiger partial charge in [-0.3, -0.25) is 0 Å². The van der Waals surface area contributed by atoms with Crippen molar-refractivity contribution in [3.63, 3.8) is 0 Å². The van der Waals surface area contributed by atoms with Crippen LogP contribution in [0.15, 0.2) is 70.5 Å². The first kappa shape index (κ1) is 17.2. The van der Waals surface area contributed by atoms with Gasteiger partial charge in [-0.1, -0.05) is 68.9 Å². The Morgan fingerprint density at radius 1 is 0.731 bits per heavy atom. The van der Waals surface area contributed by atoms with Gasteiger partial charge < -0.3 is 4.90 Å². The Hall–Kier alpha value is -2.19. The summed E-state index contributed by atoms with van der Waals surface area (Å²) in [5.41, 5.74) is 8.04. The van der Waals surface area contributed by atoms with Gasteiger partial charge in [0.05, 0.1) is 17.1 Å². The van der Waals surface area contributed by atoms with Crippen molar-refractivity contribution in [2.24, 2.45) is 0 Å². The van der Waals surface area contributed by atoms with Crippen LogP contribution >= 0.6 is 11.8 Å². The molecule has 3 aromatic carbocycles. The fourth-order valence-corrected chi connectivity index (χ4v) is 4.75. The number of para-hydroxylation sites is 2. The molecule has 0 spiro atoms. The second-order valence-corrected chi connectivity index (χ2v) is 9.17. The maximum atomic E-state index is 2.44. The molecule has 132 valence electrons. The van der Waals surface area contributed by atoms with Crippen LogP contribution in [0, 0.1) is 13.8 Å². The molecule has 1 aliphatic heterocycles. The van der Waals surface area contributed by atoms with Gasteiger partial charge in [-0.25, -0.2) is 0 Å². The molecule has 0 bridgehead atoms. The van der Waals surface area contributed by atoms with E-state index in [0.29, 0.717) is 0 Å². The van der Waals surface area contributed by atoms with E-state index >= 15 is 0 Å². The highest BCUT2D eigenvalue weighted by molar-refractivity contribution is 7.99. The summed E-state index contributed by atoms with van der Waals surface area (Å²) in [5.74, 6) is 0. The molecule has 3 aromatic rings. The van der Waals surface area contributed by atoms with Gasteiger partial charge in [-0.05, 0) is 60.2 Å². The Kier molecular flexibility index (Phi) is 4.11. The number of hydrogen-bond acceptors (Lipinski definition) is 2. The van der Waals surface area contributed by atoms with E-state index in [2.05, 4.69) is 100 Å². The van der Waals surface area contributed by atoms with Crippen LogP contribution in [0.5, 0.6) is 0 Å². The summed E-state index contributed by atoms with van der Waals surface area (Å²) in [4.78, 5) is 5.06. The zero-order valence-corrected chi connectivity index (χ0v) is 16.9. The minimum Gasteiger partial charge on any atom is -0.308 e. The normalized spacial score (nSPS) is 13.3. The number of rotatable bonds is 1. The molecule has 1 nitrogen and oxygen atoms in total. The second kappa shape index (κ2) is 6.21. The Bertz CT molecular complexity index is 913. The van der Waals surface area contributed by atoms with Gasteiger partial charge in [0.2, 0.25) is 0 Å². The van der Waals surface area contributed by atoms with Crippen molar-refractivity contribution in [1.82, 2.24) is 0 Å². The summed E-state index contributed by atoms with van der Waals surface area (Å²) in [5, 5.41) is 0. The van der Waals surface area contributed by atoms with Crippen molar-refractivity contribution >= 4 is 28.8 Å². The standard InChI is InChI=1S/C24H25NS/c1-16-14-18(24(3,4)5)15-17(2)23(16)25-19-10-6-8-12-21(19)26-22-13-9-7-11-20(22)25/h6-15H,1-5H3. The quantitative estimate of drug-likeness (QED) is 0.345. The van der Waals surface area contributed by atoms with Crippen molar-refractivity contribution in [3.05, 3.63) is 77.4 Å². The monoisotopic (exact) mass is 359 g/mol. The molecular weight excluding hydrogens is 334 g/mol. The maximum Gasteiger partial charge on any atom is 0.0601 e. The molecule has 0 N–H and O–H groups in total. The van der Waals surface area contributed by atoms with Crippen LogP contribution in [0.25, 0.3) is 0 Å². The molecule has 0 aromatic heterocycles. The molecule has 1 aliphatic rings. The van der Waals surface area contributed by atoms with E-state index in [0.717, 1.165) is 0 Å². The molecule has 0 fully saturated rings. The average Bonchev–Trinajstić information content (AvgIpc) is 2.59. The van der Waals surface area contributed by atoms with Gasteiger partial charge in [0.1, 0.15) is 0 Å². The summed E-state index contributed by atoms with van der Waals surface area (Å²) in [7, 11) is 0. The van der Waals surface area contributed by atoms with Gasteiger partial charge in [0, 0.05) is 9.79 Å². The van der Waals surface area contributed by atoms with E-state index in [-0.39, 0.29) is 5.41 Å². The molecule has 0 unspecified atom stereocenters. The highest BCUT2D eigenvalue weighted by Gasteiger charge is 2.27. The molecule has 0 aliphatic carbocycles. The smallest absolute Gasteiger partial charge is 0.0601 e. The number of fused-ring (bicyclic) bond motifs is 2. The molecule has 26 heavy (non-hydrogen) atoms. The molecule has 0 saturated carbocycles. The Morgan fingerprint density at radius 2 is 1.19 bits per heavy atom. The van der Waals surface area contributed by atoms with Gasteiger partial charge in [0.15, 0.2) is 0 Å². The number of nitrogens with zero attached hydrogens (tertiary/aromatic N) is 1. The van der Waals surface area contributed by atoms with Crippen LogP contribution in [0.3, 0.4) is 0 Å². The van der Waals surface area contributed by atoms with E-state index in [1.165, 1.54) is 43.5 Å². The average molecular weight is 360 g/mol. The first-order chi connectivity index (χ1) is 12.4. The van der Waals surface area contributed by atoms with E-state index in [1.54, 1.807) is 0 Å². The second-order valence-electron chi connectivity index (χ2n) is 8.08. The number of hydrogen-bond donors (Lipinski definition) is 0. The maximum absolute atomic E-state index is 2.44. The Labute approximate surface area is 161 Å². The molecule has 0 saturated heterocycles. The SMILES string of the molecule is Cc1cc(C(C)(C)C)cc(C)c1N1c2ccccc2Sc2ccccc21. The van der Waals surface area contributed by atoms with Crippen molar-refractivity contribution in [3.8, 4) is 0 Å². The number of aryl methyl sites for hydroxylation is 2. The first-order valence-electron chi connectivity index (χ1n) is 9.14. The Balaban J connectivity index is 1.97. The molecule has 1 heterocycles. The van der Waals surface area contributed by atoms with Crippen molar-refractivity contribution in [1.29, 1.82) is 0 Å². The predicted octanol–water partition coefficient (Wildman–Crippen LogP) is 7.54. The third-order valence-electron chi connectivity index (χ3n) is 5.01.